The highest BCUT2D eigenvalue weighted by Gasteiger charge is 1.98. The van der Waals surface area contributed by atoms with Gasteiger partial charge in [0.1, 0.15) is 0 Å². The van der Waals surface area contributed by atoms with Crippen LogP contribution in [0.5, 0.6) is 0 Å². The quantitative estimate of drug-likeness (QED) is 0.589. The lowest BCUT2D eigenvalue weighted by molar-refractivity contribution is -0.138. The zero-order valence-electron chi connectivity index (χ0n) is 11.1. The second kappa shape index (κ2) is 8.99. The molecule has 0 amide bonds. The molecule has 0 N–H and O–H groups in total. The van der Waals surface area contributed by atoms with Crippen LogP contribution < -0.4 is 0 Å². The number of carbonyl (C=O) groups excluding carboxylic acids is 1. The van der Waals surface area contributed by atoms with Crippen molar-refractivity contribution in [3.8, 4) is 0 Å². The Morgan fingerprint density at radius 3 is 1.89 bits per heavy atom. The van der Waals surface area contributed by atoms with Gasteiger partial charge in [0, 0.05) is 5.57 Å². The largest absolute Gasteiger partial charge is 0.463 e. The van der Waals surface area contributed by atoms with Crippen LogP contribution >= 0.6 is 0 Å². The van der Waals surface area contributed by atoms with Gasteiger partial charge in [0.25, 0.3) is 0 Å². The van der Waals surface area contributed by atoms with Gasteiger partial charge in [0.15, 0.2) is 0 Å². The molecule has 0 fully saturated rings. The van der Waals surface area contributed by atoms with Crippen LogP contribution in [-0.4, -0.2) is 12.6 Å². The Balaban J connectivity index is 0.000000331. The molecule has 0 atom stereocenters. The van der Waals surface area contributed by atoms with E-state index in [-0.39, 0.29) is 5.97 Å². The normalized spacial score (nSPS) is 8.56. The molecule has 18 heavy (non-hydrogen) atoms. The van der Waals surface area contributed by atoms with Crippen molar-refractivity contribution in [3.63, 3.8) is 0 Å². The van der Waals surface area contributed by atoms with Gasteiger partial charge in [0.2, 0.25) is 0 Å². The summed E-state index contributed by atoms with van der Waals surface area (Å²) < 4.78 is 4.56. The van der Waals surface area contributed by atoms with Crippen LogP contribution in [0.1, 0.15) is 25.0 Å². The predicted molar refractivity (Wildman–Crippen MR) is 78.1 cm³/mol. The number of hydrogen-bond donors (Lipinski definition) is 0. The van der Waals surface area contributed by atoms with E-state index in [0.717, 1.165) is 11.1 Å². The van der Waals surface area contributed by atoms with Gasteiger partial charge in [-0.15, -0.1) is 0 Å². The molecule has 0 saturated heterocycles. The molecule has 96 valence electrons. The molecule has 2 nitrogen and oxygen atoms in total. The second-order valence-electron chi connectivity index (χ2n) is 3.54. The van der Waals surface area contributed by atoms with Crippen LogP contribution in [0.2, 0.25) is 0 Å². The minimum atomic E-state index is -0.312. The molecule has 0 unspecified atom stereocenters. The fraction of sp³-hybridized carbons (Fsp3) is 0.188. The number of benzene rings is 1. The molecule has 1 rings (SSSR count). The van der Waals surface area contributed by atoms with E-state index in [1.165, 1.54) is 0 Å². The third-order valence-electron chi connectivity index (χ3n) is 2.06. The molecule has 0 bridgehead atoms. The lowest BCUT2D eigenvalue weighted by Crippen LogP contribution is -2.03. The maximum Gasteiger partial charge on any atom is 0.333 e. The van der Waals surface area contributed by atoms with Crippen LogP contribution in [0.3, 0.4) is 0 Å². The van der Waals surface area contributed by atoms with Gasteiger partial charge in [-0.1, -0.05) is 56.2 Å². The number of carbonyl (C=O) groups is 1. The smallest absolute Gasteiger partial charge is 0.333 e. The van der Waals surface area contributed by atoms with E-state index in [1.54, 1.807) is 13.8 Å². The molecule has 1 aromatic carbocycles. The molecule has 0 heterocycles. The third-order valence-corrected chi connectivity index (χ3v) is 2.06. The van der Waals surface area contributed by atoms with E-state index in [0.29, 0.717) is 12.2 Å². The van der Waals surface area contributed by atoms with E-state index >= 15 is 0 Å². The minimum Gasteiger partial charge on any atom is -0.463 e. The van der Waals surface area contributed by atoms with Gasteiger partial charge in [-0.05, 0) is 25.0 Å². The Morgan fingerprint density at radius 2 is 1.67 bits per heavy atom. The number of hydrogen-bond acceptors (Lipinski definition) is 2. The summed E-state index contributed by atoms with van der Waals surface area (Å²) in [5, 5.41) is 0. The maximum atomic E-state index is 10.4. The molecule has 0 saturated carbocycles. The predicted octanol–water partition coefficient (Wildman–Crippen LogP) is 4.10. The first-order valence-electron chi connectivity index (χ1n) is 5.73. The van der Waals surface area contributed by atoms with Crippen molar-refractivity contribution in [2.24, 2.45) is 0 Å². The molecular weight excluding hydrogens is 224 g/mol. The van der Waals surface area contributed by atoms with Gasteiger partial charge < -0.3 is 4.74 Å². The summed E-state index contributed by atoms with van der Waals surface area (Å²) in [6, 6.07) is 8.02. The summed E-state index contributed by atoms with van der Waals surface area (Å²) in [6.07, 6.45) is 3.66. The molecular formula is C16H20O2. The molecule has 0 aromatic heterocycles. The van der Waals surface area contributed by atoms with Crippen molar-refractivity contribution in [1.29, 1.82) is 0 Å². The first kappa shape index (κ1) is 15.9. The Bertz CT molecular complexity index is 403. The molecule has 1 aromatic rings. The van der Waals surface area contributed by atoms with Crippen molar-refractivity contribution in [2.45, 2.75) is 13.8 Å². The van der Waals surface area contributed by atoms with Gasteiger partial charge in [0.05, 0.1) is 6.61 Å². The zero-order valence-corrected chi connectivity index (χ0v) is 11.1. The van der Waals surface area contributed by atoms with Crippen molar-refractivity contribution in [2.75, 3.05) is 6.61 Å². The molecule has 2 heteroatoms. The third kappa shape index (κ3) is 5.85. The Hall–Kier alpha value is -2.09. The standard InChI is InChI=1S/C10H10.C6H10O2/c1-3-9-7-5-6-8-10(9)4-2;1-4-8-6(7)5(2)3/h3-8H,1-2H2;2,4H2,1,3H3. The molecule has 0 aliphatic heterocycles. The summed E-state index contributed by atoms with van der Waals surface area (Å²) in [5.41, 5.74) is 2.72. The van der Waals surface area contributed by atoms with E-state index in [9.17, 15) is 4.79 Å². The summed E-state index contributed by atoms with van der Waals surface area (Å²) in [7, 11) is 0. The van der Waals surface area contributed by atoms with Crippen LogP contribution in [0.4, 0.5) is 0 Å². The van der Waals surface area contributed by atoms with Crippen molar-refractivity contribution >= 4 is 18.1 Å². The van der Waals surface area contributed by atoms with Gasteiger partial charge >= 0.3 is 5.97 Å². The van der Waals surface area contributed by atoms with Crippen molar-refractivity contribution < 1.29 is 9.53 Å². The summed E-state index contributed by atoms with van der Waals surface area (Å²) >= 11 is 0. The van der Waals surface area contributed by atoms with Gasteiger partial charge in [-0.25, -0.2) is 4.79 Å². The molecule has 0 radical (unpaired) electrons. The highest BCUT2D eigenvalue weighted by Crippen LogP contribution is 2.10. The highest BCUT2D eigenvalue weighted by molar-refractivity contribution is 5.86. The lowest BCUT2D eigenvalue weighted by atomic mass is 10.1. The van der Waals surface area contributed by atoms with E-state index < -0.39 is 0 Å². The monoisotopic (exact) mass is 244 g/mol. The molecule has 0 aliphatic carbocycles. The van der Waals surface area contributed by atoms with Crippen molar-refractivity contribution in [3.05, 3.63) is 60.7 Å². The number of ether oxygens (including phenoxy) is 1. The van der Waals surface area contributed by atoms with Gasteiger partial charge in [-0.2, -0.15) is 0 Å². The first-order chi connectivity index (χ1) is 8.56. The summed E-state index contributed by atoms with van der Waals surface area (Å²) in [6.45, 7) is 14.6. The molecule has 0 spiro atoms. The van der Waals surface area contributed by atoms with Crippen molar-refractivity contribution in [1.82, 2.24) is 0 Å². The van der Waals surface area contributed by atoms with E-state index in [2.05, 4.69) is 24.5 Å². The fourth-order valence-electron chi connectivity index (χ4n) is 1.14. The Kier molecular flexibility index (Phi) is 7.95. The fourth-order valence-corrected chi connectivity index (χ4v) is 1.14. The Morgan fingerprint density at radius 1 is 1.22 bits per heavy atom. The van der Waals surface area contributed by atoms with Gasteiger partial charge in [-0.3, -0.25) is 0 Å². The maximum absolute atomic E-state index is 10.4. The first-order valence-corrected chi connectivity index (χ1v) is 5.73. The zero-order chi connectivity index (χ0) is 14.0. The average molecular weight is 244 g/mol. The molecule has 0 aliphatic rings. The highest BCUT2D eigenvalue weighted by atomic mass is 16.5. The second-order valence-corrected chi connectivity index (χ2v) is 3.54. The van der Waals surface area contributed by atoms with E-state index in [4.69, 9.17) is 0 Å². The number of esters is 1. The van der Waals surface area contributed by atoms with E-state index in [1.807, 2.05) is 36.4 Å². The van der Waals surface area contributed by atoms with Crippen LogP contribution in [-0.2, 0) is 9.53 Å². The van der Waals surface area contributed by atoms with Crippen LogP contribution in [0, 0.1) is 0 Å². The minimum absolute atomic E-state index is 0.312. The lowest BCUT2D eigenvalue weighted by Gasteiger charge is -1.96. The van der Waals surface area contributed by atoms with Crippen LogP contribution in [0.25, 0.3) is 12.2 Å². The summed E-state index contributed by atoms with van der Waals surface area (Å²) in [5.74, 6) is -0.312. The summed E-state index contributed by atoms with van der Waals surface area (Å²) in [4.78, 5) is 10.4. The Labute approximate surface area is 109 Å². The SMILES string of the molecule is C=C(C)C(=O)OCC.C=Cc1ccccc1C=C. The van der Waals surface area contributed by atoms with Crippen LogP contribution in [0.15, 0.2) is 49.6 Å². The average Bonchev–Trinajstić information content (AvgIpc) is 2.39. The number of rotatable bonds is 4. The topological polar surface area (TPSA) is 26.3 Å².